The van der Waals surface area contributed by atoms with Crippen LogP contribution in [-0.4, -0.2) is 17.3 Å². The molecule has 104 valence electrons. The second kappa shape index (κ2) is 12.3. The Morgan fingerprint density at radius 2 is 1.78 bits per heavy atom. The minimum absolute atomic E-state index is 0.196. The Labute approximate surface area is 110 Å². The first kappa shape index (κ1) is 16.8. The van der Waals surface area contributed by atoms with Crippen molar-refractivity contribution in [1.29, 1.82) is 0 Å². The minimum atomic E-state index is -0.522. The fraction of sp³-hybridized carbons (Fsp3) is 0.786. The quantitative estimate of drug-likeness (QED) is 0.174. The summed E-state index contributed by atoms with van der Waals surface area (Å²) in [5.74, 6) is 0. The molecule has 0 amide bonds. The van der Waals surface area contributed by atoms with Crippen LogP contribution in [0.2, 0.25) is 0 Å². The van der Waals surface area contributed by atoms with E-state index in [1.54, 1.807) is 6.08 Å². The summed E-state index contributed by atoms with van der Waals surface area (Å²) in [7, 11) is 0. The zero-order valence-electron chi connectivity index (χ0n) is 11.3. The fourth-order valence-corrected chi connectivity index (χ4v) is 1.80. The first-order valence-electron chi connectivity index (χ1n) is 6.96. The lowest BCUT2D eigenvalue weighted by molar-refractivity contribution is -0.510. The van der Waals surface area contributed by atoms with Gasteiger partial charge in [-0.05, 0) is 25.3 Å². The van der Waals surface area contributed by atoms with E-state index in [2.05, 4.69) is 6.92 Å². The molecular formula is C14H25NO3. The number of nitrogens with zero attached hydrogens (tertiary/aromatic N) is 1. The average Bonchev–Trinajstić information content (AvgIpc) is 2.35. The molecule has 4 nitrogen and oxygen atoms in total. The molecule has 0 N–H and O–H groups in total. The van der Waals surface area contributed by atoms with Crippen LogP contribution in [0.4, 0.5) is 0 Å². The fourth-order valence-electron chi connectivity index (χ4n) is 1.80. The van der Waals surface area contributed by atoms with E-state index in [4.69, 9.17) is 0 Å². The SMILES string of the molecule is CCC/C=C/C(CCCCCCCC=O)[N+](=O)[O-]. The number of rotatable bonds is 12. The maximum absolute atomic E-state index is 10.8. The standard InChI is InChI=1S/C14H25NO3/c1-2-3-8-11-14(15(17)18)12-9-6-4-5-7-10-13-16/h8,11,13-14H,2-7,9-10,12H2,1H3/b11-8+. The third-order valence-electron chi connectivity index (χ3n) is 2.91. The summed E-state index contributed by atoms with van der Waals surface area (Å²) in [4.78, 5) is 20.7. The molecule has 0 radical (unpaired) electrons. The van der Waals surface area contributed by atoms with Crippen LogP contribution in [0.3, 0.4) is 0 Å². The second-order valence-electron chi connectivity index (χ2n) is 4.58. The number of unbranched alkanes of at least 4 members (excludes halogenated alkanes) is 6. The van der Waals surface area contributed by atoms with Crippen LogP contribution in [0.15, 0.2) is 12.2 Å². The van der Waals surface area contributed by atoms with Gasteiger partial charge in [-0.15, -0.1) is 0 Å². The van der Waals surface area contributed by atoms with Crippen molar-refractivity contribution in [2.24, 2.45) is 0 Å². The maximum Gasteiger partial charge on any atom is 0.231 e. The summed E-state index contributed by atoms with van der Waals surface area (Å²) in [6.07, 6.45) is 12.8. The predicted molar refractivity (Wildman–Crippen MR) is 73.2 cm³/mol. The first-order chi connectivity index (χ1) is 8.72. The van der Waals surface area contributed by atoms with E-state index in [1.165, 1.54) is 0 Å². The molecule has 0 rings (SSSR count). The van der Waals surface area contributed by atoms with Crippen LogP contribution in [0.5, 0.6) is 0 Å². The third kappa shape index (κ3) is 10.00. The molecule has 0 aromatic rings. The molecule has 0 fully saturated rings. The Morgan fingerprint density at radius 1 is 1.11 bits per heavy atom. The van der Waals surface area contributed by atoms with Gasteiger partial charge in [-0.3, -0.25) is 10.1 Å². The highest BCUT2D eigenvalue weighted by atomic mass is 16.6. The summed E-state index contributed by atoms with van der Waals surface area (Å²) < 4.78 is 0. The average molecular weight is 255 g/mol. The highest BCUT2D eigenvalue weighted by Gasteiger charge is 2.14. The Bertz CT molecular complexity index is 251. The van der Waals surface area contributed by atoms with Crippen LogP contribution in [0, 0.1) is 10.1 Å². The molecule has 0 bridgehead atoms. The topological polar surface area (TPSA) is 60.2 Å². The van der Waals surface area contributed by atoms with Gasteiger partial charge >= 0.3 is 0 Å². The minimum Gasteiger partial charge on any atom is -0.303 e. The van der Waals surface area contributed by atoms with E-state index < -0.39 is 6.04 Å². The van der Waals surface area contributed by atoms with Gasteiger partial charge in [0.2, 0.25) is 6.04 Å². The molecule has 0 aromatic carbocycles. The van der Waals surface area contributed by atoms with Gasteiger partial charge < -0.3 is 4.79 Å². The van der Waals surface area contributed by atoms with E-state index in [0.29, 0.717) is 12.8 Å². The van der Waals surface area contributed by atoms with Crippen molar-refractivity contribution >= 4 is 6.29 Å². The summed E-state index contributed by atoms with van der Waals surface area (Å²) in [6, 6.07) is -0.522. The van der Waals surface area contributed by atoms with Crippen molar-refractivity contribution in [2.45, 2.75) is 70.8 Å². The number of hydrogen-bond acceptors (Lipinski definition) is 3. The molecule has 1 unspecified atom stereocenters. The van der Waals surface area contributed by atoms with E-state index >= 15 is 0 Å². The normalized spacial score (nSPS) is 12.7. The van der Waals surface area contributed by atoms with Crippen molar-refractivity contribution in [2.75, 3.05) is 0 Å². The van der Waals surface area contributed by atoms with Crippen molar-refractivity contribution in [3.05, 3.63) is 22.3 Å². The molecule has 0 heterocycles. The Morgan fingerprint density at radius 3 is 2.39 bits per heavy atom. The Hall–Kier alpha value is -1.19. The summed E-state index contributed by atoms with van der Waals surface area (Å²) >= 11 is 0. The number of carbonyl (C=O) groups excluding carboxylic acids is 1. The molecular weight excluding hydrogens is 230 g/mol. The molecule has 1 atom stereocenters. The van der Waals surface area contributed by atoms with E-state index in [1.807, 2.05) is 6.08 Å². The zero-order chi connectivity index (χ0) is 13.6. The number of hydrogen-bond donors (Lipinski definition) is 0. The molecule has 0 spiro atoms. The van der Waals surface area contributed by atoms with Crippen LogP contribution >= 0.6 is 0 Å². The Balaban J connectivity index is 3.64. The van der Waals surface area contributed by atoms with Crippen LogP contribution in [-0.2, 0) is 4.79 Å². The van der Waals surface area contributed by atoms with Crippen molar-refractivity contribution in [3.63, 3.8) is 0 Å². The highest BCUT2D eigenvalue weighted by Crippen LogP contribution is 2.11. The summed E-state index contributed by atoms with van der Waals surface area (Å²) in [5, 5.41) is 10.8. The Kier molecular flexibility index (Phi) is 11.5. The molecule has 0 aliphatic heterocycles. The van der Waals surface area contributed by atoms with Crippen LogP contribution in [0.25, 0.3) is 0 Å². The first-order valence-corrected chi connectivity index (χ1v) is 6.96. The number of allylic oxidation sites excluding steroid dienone is 1. The van der Waals surface area contributed by atoms with E-state index in [9.17, 15) is 14.9 Å². The van der Waals surface area contributed by atoms with Gasteiger partial charge in [-0.1, -0.05) is 38.7 Å². The summed E-state index contributed by atoms with van der Waals surface area (Å²) in [6.45, 7) is 2.06. The maximum atomic E-state index is 10.8. The largest absolute Gasteiger partial charge is 0.303 e. The zero-order valence-corrected chi connectivity index (χ0v) is 11.3. The smallest absolute Gasteiger partial charge is 0.231 e. The van der Waals surface area contributed by atoms with Gasteiger partial charge in [0, 0.05) is 17.8 Å². The second-order valence-corrected chi connectivity index (χ2v) is 4.58. The number of carbonyl (C=O) groups is 1. The number of aldehydes is 1. The molecule has 18 heavy (non-hydrogen) atoms. The van der Waals surface area contributed by atoms with Gasteiger partial charge in [0.25, 0.3) is 0 Å². The van der Waals surface area contributed by atoms with Crippen molar-refractivity contribution in [1.82, 2.24) is 0 Å². The lowest BCUT2D eigenvalue weighted by Gasteiger charge is -2.04. The van der Waals surface area contributed by atoms with Gasteiger partial charge in [0.05, 0.1) is 0 Å². The van der Waals surface area contributed by atoms with Crippen molar-refractivity contribution < 1.29 is 9.72 Å². The molecule has 0 saturated carbocycles. The third-order valence-corrected chi connectivity index (χ3v) is 2.91. The molecule has 0 aliphatic carbocycles. The summed E-state index contributed by atoms with van der Waals surface area (Å²) in [5.41, 5.74) is 0. The highest BCUT2D eigenvalue weighted by molar-refractivity contribution is 5.48. The van der Waals surface area contributed by atoms with E-state index in [0.717, 1.165) is 51.2 Å². The lowest BCUT2D eigenvalue weighted by Crippen LogP contribution is -2.16. The van der Waals surface area contributed by atoms with E-state index in [-0.39, 0.29) is 4.92 Å². The number of nitro groups is 1. The van der Waals surface area contributed by atoms with Gasteiger partial charge in [-0.2, -0.15) is 0 Å². The molecule has 0 aromatic heterocycles. The van der Waals surface area contributed by atoms with Gasteiger partial charge in [-0.25, -0.2) is 0 Å². The molecule has 4 heteroatoms. The van der Waals surface area contributed by atoms with Gasteiger partial charge in [0.15, 0.2) is 0 Å². The van der Waals surface area contributed by atoms with Crippen LogP contribution < -0.4 is 0 Å². The monoisotopic (exact) mass is 255 g/mol. The predicted octanol–water partition coefficient (Wildman–Crippen LogP) is 3.92. The molecule has 0 saturated heterocycles. The van der Waals surface area contributed by atoms with Crippen LogP contribution in [0.1, 0.15) is 64.7 Å². The molecule has 0 aliphatic rings. The van der Waals surface area contributed by atoms with Crippen molar-refractivity contribution in [3.8, 4) is 0 Å². The van der Waals surface area contributed by atoms with Gasteiger partial charge in [0.1, 0.15) is 6.29 Å². The lowest BCUT2D eigenvalue weighted by atomic mass is 10.1.